The van der Waals surface area contributed by atoms with Gasteiger partial charge in [-0.25, -0.2) is 4.79 Å². The maximum absolute atomic E-state index is 12.8. The number of benzene rings is 2. The van der Waals surface area contributed by atoms with Gasteiger partial charge in [0, 0.05) is 5.02 Å². The van der Waals surface area contributed by atoms with Crippen molar-refractivity contribution in [2.45, 2.75) is 6.18 Å². The van der Waals surface area contributed by atoms with Crippen LogP contribution in [0.5, 0.6) is 5.75 Å². The average molecular weight is 445 g/mol. The van der Waals surface area contributed by atoms with Crippen LogP contribution < -0.4 is 15.6 Å². The molecule has 0 aliphatic heterocycles. The van der Waals surface area contributed by atoms with Crippen molar-refractivity contribution < 1.29 is 37.0 Å². The van der Waals surface area contributed by atoms with Gasteiger partial charge in [-0.1, -0.05) is 17.7 Å². The van der Waals surface area contributed by atoms with Gasteiger partial charge in [-0.05, 0) is 36.4 Å². The Morgan fingerprint density at radius 2 is 1.83 bits per heavy atom. The standard InChI is InChI=1S/C19H16ClF3N2O5/c1-28-10-16(18(27)29-2)30-15-7-6-12(20)9-14(15)17(26)25-24-13-5-3-4-11(8-13)19(21,22)23/h3-10,24H,1-2H3,(H,25,26)/b16-10+. The highest BCUT2D eigenvalue weighted by atomic mass is 35.5. The first-order chi connectivity index (χ1) is 14.2. The lowest BCUT2D eigenvalue weighted by Crippen LogP contribution is -2.30. The van der Waals surface area contributed by atoms with Gasteiger partial charge < -0.3 is 14.2 Å². The van der Waals surface area contributed by atoms with Crippen LogP contribution in [-0.4, -0.2) is 26.1 Å². The summed E-state index contributed by atoms with van der Waals surface area (Å²) in [6.45, 7) is 0. The highest BCUT2D eigenvalue weighted by Gasteiger charge is 2.30. The zero-order valence-corrected chi connectivity index (χ0v) is 16.4. The van der Waals surface area contributed by atoms with Crippen LogP contribution in [0, 0.1) is 0 Å². The van der Waals surface area contributed by atoms with Crippen LogP contribution in [0.4, 0.5) is 18.9 Å². The van der Waals surface area contributed by atoms with Crippen molar-refractivity contribution in [3.63, 3.8) is 0 Å². The highest BCUT2D eigenvalue weighted by Crippen LogP contribution is 2.30. The van der Waals surface area contributed by atoms with E-state index in [9.17, 15) is 22.8 Å². The van der Waals surface area contributed by atoms with E-state index >= 15 is 0 Å². The Morgan fingerprint density at radius 1 is 1.10 bits per heavy atom. The monoisotopic (exact) mass is 444 g/mol. The fourth-order valence-corrected chi connectivity index (χ4v) is 2.35. The van der Waals surface area contributed by atoms with Crippen molar-refractivity contribution in [3.8, 4) is 5.75 Å². The maximum Gasteiger partial charge on any atom is 0.416 e. The molecular formula is C19H16ClF3N2O5. The summed E-state index contributed by atoms with van der Waals surface area (Å²) in [5.41, 5.74) is 3.64. The molecule has 11 heteroatoms. The predicted molar refractivity (Wildman–Crippen MR) is 102 cm³/mol. The van der Waals surface area contributed by atoms with E-state index in [1.165, 1.54) is 37.4 Å². The molecule has 2 rings (SSSR count). The van der Waals surface area contributed by atoms with Crippen LogP contribution in [-0.2, 0) is 20.4 Å². The van der Waals surface area contributed by atoms with Gasteiger partial charge in [-0.3, -0.25) is 15.6 Å². The Hall–Kier alpha value is -3.40. The van der Waals surface area contributed by atoms with Crippen molar-refractivity contribution in [2.24, 2.45) is 0 Å². The molecule has 1 amide bonds. The van der Waals surface area contributed by atoms with Gasteiger partial charge in [0.05, 0.1) is 31.0 Å². The molecule has 0 atom stereocenters. The number of halogens is 4. The van der Waals surface area contributed by atoms with Gasteiger partial charge in [-0.2, -0.15) is 13.2 Å². The molecule has 0 fully saturated rings. The minimum Gasteiger partial charge on any atom is -0.500 e. The molecule has 0 heterocycles. The number of esters is 1. The van der Waals surface area contributed by atoms with E-state index in [4.69, 9.17) is 21.1 Å². The lowest BCUT2D eigenvalue weighted by Gasteiger charge is -2.14. The Balaban J connectivity index is 2.23. The summed E-state index contributed by atoms with van der Waals surface area (Å²) in [6, 6.07) is 8.23. The van der Waals surface area contributed by atoms with E-state index in [-0.39, 0.29) is 27.8 Å². The van der Waals surface area contributed by atoms with E-state index < -0.39 is 23.6 Å². The minimum absolute atomic E-state index is 0.00259. The SMILES string of the molecule is CO/C=C(/Oc1ccc(Cl)cc1C(=O)NNc1cccc(C(F)(F)F)c1)C(=O)OC. The molecule has 0 spiro atoms. The van der Waals surface area contributed by atoms with Crippen LogP contribution in [0.2, 0.25) is 5.02 Å². The van der Waals surface area contributed by atoms with Crippen LogP contribution in [0.1, 0.15) is 15.9 Å². The molecule has 0 aliphatic rings. The molecule has 0 aliphatic carbocycles. The van der Waals surface area contributed by atoms with Crippen molar-refractivity contribution in [1.82, 2.24) is 5.43 Å². The fourth-order valence-electron chi connectivity index (χ4n) is 2.18. The largest absolute Gasteiger partial charge is 0.500 e. The third-order valence-electron chi connectivity index (χ3n) is 3.53. The predicted octanol–water partition coefficient (Wildman–Crippen LogP) is 4.16. The summed E-state index contributed by atoms with van der Waals surface area (Å²) in [6.07, 6.45) is -3.56. The number of amides is 1. The van der Waals surface area contributed by atoms with Crippen molar-refractivity contribution >= 4 is 29.2 Å². The van der Waals surface area contributed by atoms with E-state index in [1.807, 2.05) is 0 Å². The van der Waals surface area contributed by atoms with E-state index in [1.54, 1.807) is 0 Å². The molecule has 0 radical (unpaired) electrons. The summed E-state index contributed by atoms with van der Waals surface area (Å²) >= 11 is 5.92. The lowest BCUT2D eigenvalue weighted by molar-refractivity contribution is -0.139. The molecule has 30 heavy (non-hydrogen) atoms. The number of carbonyl (C=O) groups is 2. The van der Waals surface area contributed by atoms with E-state index in [0.717, 1.165) is 25.5 Å². The Labute approximate surface area is 174 Å². The molecule has 0 aromatic heterocycles. The third-order valence-corrected chi connectivity index (χ3v) is 3.76. The number of hydrogen-bond donors (Lipinski definition) is 2. The lowest BCUT2D eigenvalue weighted by atomic mass is 10.2. The molecule has 160 valence electrons. The van der Waals surface area contributed by atoms with Crippen molar-refractivity contribution in [1.29, 1.82) is 0 Å². The smallest absolute Gasteiger partial charge is 0.416 e. The minimum atomic E-state index is -4.53. The van der Waals surface area contributed by atoms with Gasteiger partial charge in [-0.15, -0.1) is 0 Å². The number of rotatable bonds is 7. The fraction of sp³-hybridized carbons (Fsp3) is 0.158. The summed E-state index contributed by atoms with van der Waals surface area (Å²) in [4.78, 5) is 24.3. The number of nitrogens with one attached hydrogen (secondary N) is 2. The number of hydrogen-bond acceptors (Lipinski definition) is 6. The molecule has 0 saturated carbocycles. The number of alkyl halides is 3. The number of hydrazine groups is 1. The second-order valence-corrected chi connectivity index (χ2v) is 6.05. The van der Waals surface area contributed by atoms with Gasteiger partial charge in [0.25, 0.3) is 5.91 Å². The first-order valence-electron chi connectivity index (χ1n) is 8.18. The number of carbonyl (C=O) groups excluding carboxylic acids is 2. The van der Waals surface area contributed by atoms with Gasteiger partial charge in [0.1, 0.15) is 12.0 Å². The first-order valence-corrected chi connectivity index (χ1v) is 8.55. The molecule has 0 bridgehead atoms. The van der Waals surface area contributed by atoms with Gasteiger partial charge in [0.15, 0.2) is 0 Å². The molecule has 2 aromatic rings. The second-order valence-electron chi connectivity index (χ2n) is 5.61. The summed E-state index contributed by atoms with van der Waals surface area (Å²) in [5.74, 6) is -2.06. The third kappa shape index (κ3) is 6.05. The quantitative estimate of drug-likeness (QED) is 0.289. The van der Waals surface area contributed by atoms with Crippen LogP contribution in [0.15, 0.2) is 54.5 Å². The van der Waals surface area contributed by atoms with Crippen molar-refractivity contribution in [3.05, 3.63) is 70.6 Å². The molecule has 0 saturated heterocycles. The zero-order chi connectivity index (χ0) is 22.3. The normalized spacial score (nSPS) is 11.5. The van der Waals surface area contributed by atoms with E-state index in [2.05, 4.69) is 15.6 Å². The van der Waals surface area contributed by atoms with Gasteiger partial charge >= 0.3 is 12.1 Å². The molecular weight excluding hydrogens is 429 g/mol. The van der Waals surface area contributed by atoms with Crippen LogP contribution >= 0.6 is 11.6 Å². The maximum atomic E-state index is 12.8. The van der Waals surface area contributed by atoms with Crippen LogP contribution in [0.25, 0.3) is 0 Å². The van der Waals surface area contributed by atoms with Crippen LogP contribution in [0.3, 0.4) is 0 Å². The number of anilines is 1. The summed E-state index contributed by atoms with van der Waals surface area (Å²) in [5, 5.41) is 0.182. The molecule has 7 nitrogen and oxygen atoms in total. The number of methoxy groups -OCH3 is 2. The topological polar surface area (TPSA) is 85.9 Å². The molecule has 0 unspecified atom stereocenters. The van der Waals surface area contributed by atoms with E-state index in [0.29, 0.717) is 0 Å². The highest BCUT2D eigenvalue weighted by molar-refractivity contribution is 6.31. The molecule has 2 N–H and O–H groups in total. The van der Waals surface area contributed by atoms with Gasteiger partial charge in [0.2, 0.25) is 5.76 Å². The molecule has 2 aromatic carbocycles. The Morgan fingerprint density at radius 3 is 2.47 bits per heavy atom. The average Bonchev–Trinajstić information content (AvgIpc) is 2.71. The summed E-state index contributed by atoms with van der Waals surface area (Å²) < 4.78 is 53.1. The number of ether oxygens (including phenoxy) is 3. The Kier molecular flexibility index (Phi) is 7.54. The zero-order valence-electron chi connectivity index (χ0n) is 15.7. The van der Waals surface area contributed by atoms with Crippen molar-refractivity contribution in [2.75, 3.05) is 19.6 Å². The Bertz CT molecular complexity index is 963. The second kappa shape index (κ2) is 9.88. The first kappa shape index (κ1) is 22.9. The summed E-state index contributed by atoms with van der Waals surface area (Å²) in [7, 11) is 2.41.